The van der Waals surface area contributed by atoms with Crippen molar-refractivity contribution in [2.24, 2.45) is 5.92 Å². The van der Waals surface area contributed by atoms with Crippen LogP contribution in [0.15, 0.2) is 30.5 Å². The topological polar surface area (TPSA) is 54.9 Å². The summed E-state index contributed by atoms with van der Waals surface area (Å²) in [6.07, 6.45) is 2.54. The number of amides is 1. The number of rotatable bonds is 7. The molecular formula is C22H27Cl2N3O3. The van der Waals surface area contributed by atoms with Gasteiger partial charge in [0.2, 0.25) is 0 Å². The highest BCUT2D eigenvalue weighted by Crippen LogP contribution is 2.37. The van der Waals surface area contributed by atoms with Gasteiger partial charge in [-0.15, -0.1) is 0 Å². The fraction of sp³-hybridized carbons (Fsp3) is 0.455. The van der Waals surface area contributed by atoms with Gasteiger partial charge in [-0.25, -0.2) is 4.98 Å². The number of nitrogens with zero attached hydrogens (tertiary/aromatic N) is 3. The molecule has 1 saturated heterocycles. The number of aromatic nitrogens is 1. The van der Waals surface area contributed by atoms with Crippen LogP contribution < -0.4 is 14.4 Å². The summed E-state index contributed by atoms with van der Waals surface area (Å²) in [6.45, 7) is 7.38. The average Bonchev–Trinajstić information content (AvgIpc) is 2.74. The van der Waals surface area contributed by atoms with Gasteiger partial charge in [0.15, 0.2) is 11.5 Å². The van der Waals surface area contributed by atoms with Crippen molar-refractivity contribution < 1.29 is 14.3 Å². The molecule has 0 aliphatic carbocycles. The molecule has 8 heteroatoms. The fourth-order valence-corrected chi connectivity index (χ4v) is 3.63. The van der Waals surface area contributed by atoms with Gasteiger partial charge in [0, 0.05) is 37.9 Å². The van der Waals surface area contributed by atoms with Crippen LogP contribution in [-0.4, -0.2) is 55.7 Å². The summed E-state index contributed by atoms with van der Waals surface area (Å²) in [7, 11) is 1.55. The molecular weight excluding hydrogens is 425 g/mol. The number of benzene rings is 1. The molecule has 0 saturated carbocycles. The highest BCUT2D eigenvalue weighted by molar-refractivity contribution is 6.32. The number of anilines is 1. The number of hydrogen-bond acceptors (Lipinski definition) is 5. The zero-order valence-electron chi connectivity index (χ0n) is 17.5. The van der Waals surface area contributed by atoms with Crippen LogP contribution in [0.25, 0.3) is 0 Å². The first-order chi connectivity index (χ1) is 14.4. The van der Waals surface area contributed by atoms with Gasteiger partial charge < -0.3 is 19.3 Å². The van der Waals surface area contributed by atoms with E-state index in [2.05, 4.69) is 23.7 Å². The second-order valence-corrected chi connectivity index (χ2v) is 8.48. The van der Waals surface area contributed by atoms with Crippen molar-refractivity contribution >= 4 is 34.9 Å². The Morgan fingerprint density at radius 1 is 1.17 bits per heavy atom. The Kier molecular flexibility index (Phi) is 7.67. The van der Waals surface area contributed by atoms with Gasteiger partial charge in [-0.1, -0.05) is 37.0 Å². The van der Waals surface area contributed by atoms with E-state index in [9.17, 15) is 4.79 Å². The van der Waals surface area contributed by atoms with E-state index < -0.39 is 0 Å². The Morgan fingerprint density at radius 3 is 2.50 bits per heavy atom. The van der Waals surface area contributed by atoms with Gasteiger partial charge in [0.25, 0.3) is 5.91 Å². The number of piperazine rings is 1. The molecule has 6 nitrogen and oxygen atoms in total. The minimum atomic E-state index is -0.0763. The summed E-state index contributed by atoms with van der Waals surface area (Å²) in [4.78, 5) is 21.3. The van der Waals surface area contributed by atoms with Crippen molar-refractivity contribution in [3.8, 4) is 11.5 Å². The lowest BCUT2D eigenvalue weighted by molar-refractivity contribution is 0.0746. The summed E-state index contributed by atoms with van der Waals surface area (Å²) < 4.78 is 11.3. The lowest BCUT2D eigenvalue weighted by Gasteiger charge is -2.35. The third-order valence-corrected chi connectivity index (χ3v) is 5.52. The van der Waals surface area contributed by atoms with Crippen LogP contribution in [0.1, 0.15) is 30.6 Å². The van der Waals surface area contributed by atoms with E-state index in [1.54, 1.807) is 25.4 Å². The normalized spacial score (nSPS) is 14.2. The minimum absolute atomic E-state index is 0.0763. The highest BCUT2D eigenvalue weighted by Gasteiger charge is 2.25. The molecule has 0 N–H and O–H groups in total. The molecule has 0 radical (unpaired) electrons. The van der Waals surface area contributed by atoms with Crippen molar-refractivity contribution in [3.05, 3.63) is 46.1 Å². The molecule has 30 heavy (non-hydrogen) atoms. The third-order valence-electron chi connectivity index (χ3n) is 5.02. The first kappa shape index (κ1) is 22.5. The predicted octanol–water partition coefficient (Wildman–Crippen LogP) is 4.78. The largest absolute Gasteiger partial charge is 0.493 e. The fourth-order valence-electron chi connectivity index (χ4n) is 3.26. The molecule has 1 amide bonds. The van der Waals surface area contributed by atoms with E-state index in [1.807, 2.05) is 17.0 Å². The van der Waals surface area contributed by atoms with Gasteiger partial charge in [-0.3, -0.25) is 4.79 Å². The molecule has 1 aromatic carbocycles. The number of carbonyl (C=O) groups excluding carboxylic acids is 1. The number of ether oxygens (including phenoxy) is 2. The van der Waals surface area contributed by atoms with Crippen LogP contribution in [-0.2, 0) is 0 Å². The first-order valence-corrected chi connectivity index (χ1v) is 10.8. The summed E-state index contributed by atoms with van der Waals surface area (Å²) in [5.41, 5.74) is 0.492. The van der Waals surface area contributed by atoms with Crippen molar-refractivity contribution in [2.45, 2.75) is 20.3 Å². The van der Waals surface area contributed by atoms with Gasteiger partial charge in [-0.05, 0) is 36.6 Å². The molecule has 1 aliphatic rings. The van der Waals surface area contributed by atoms with E-state index in [1.165, 1.54) is 0 Å². The smallest absolute Gasteiger partial charge is 0.254 e. The van der Waals surface area contributed by atoms with Crippen molar-refractivity contribution in [1.29, 1.82) is 0 Å². The van der Waals surface area contributed by atoms with Gasteiger partial charge in [-0.2, -0.15) is 0 Å². The Balaban J connectivity index is 1.66. The molecule has 3 rings (SSSR count). The zero-order chi connectivity index (χ0) is 21.7. The van der Waals surface area contributed by atoms with Crippen LogP contribution in [0, 0.1) is 5.92 Å². The lowest BCUT2D eigenvalue weighted by atomic mass is 10.1. The highest BCUT2D eigenvalue weighted by atomic mass is 35.5. The molecule has 0 unspecified atom stereocenters. The molecule has 1 fully saturated rings. The molecule has 2 aromatic rings. The summed E-state index contributed by atoms with van der Waals surface area (Å²) in [5.74, 6) is 2.26. The van der Waals surface area contributed by atoms with Gasteiger partial charge >= 0.3 is 0 Å². The molecule has 162 valence electrons. The Morgan fingerprint density at radius 2 is 1.90 bits per heavy atom. The summed E-state index contributed by atoms with van der Waals surface area (Å²) in [5, 5.41) is 0.987. The lowest BCUT2D eigenvalue weighted by Crippen LogP contribution is -2.49. The second kappa shape index (κ2) is 10.2. The molecule has 0 atom stereocenters. The molecule has 0 bridgehead atoms. The molecule has 1 aliphatic heterocycles. The Labute approximate surface area is 187 Å². The van der Waals surface area contributed by atoms with Crippen LogP contribution in [0.2, 0.25) is 10.0 Å². The maximum absolute atomic E-state index is 13.0. The monoisotopic (exact) mass is 451 g/mol. The van der Waals surface area contributed by atoms with E-state index in [-0.39, 0.29) is 5.91 Å². The van der Waals surface area contributed by atoms with Crippen molar-refractivity contribution in [1.82, 2.24) is 9.88 Å². The Hall–Kier alpha value is -2.18. The number of halogens is 2. The summed E-state index contributed by atoms with van der Waals surface area (Å²) in [6, 6.07) is 7.07. The van der Waals surface area contributed by atoms with Gasteiger partial charge in [0.05, 0.1) is 23.8 Å². The molecule has 0 spiro atoms. The number of methoxy groups -OCH3 is 1. The van der Waals surface area contributed by atoms with Crippen molar-refractivity contribution in [2.75, 3.05) is 44.8 Å². The zero-order valence-corrected chi connectivity index (χ0v) is 19.0. The quantitative estimate of drug-likeness (QED) is 0.605. The van der Waals surface area contributed by atoms with Crippen LogP contribution in [0.4, 0.5) is 5.82 Å². The van der Waals surface area contributed by atoms with E-state index in [0.717, 1.165) is 12.2 Å². The maximum Gasteiger partial charge on any atom is 0.254 e. The third kappa shape index (κ3) is 5.49. The molecule has 2 heterocycles. The average molecular weight is 452 g/mol. The van der Waals surface area contributed by atoms with Gasteiger partial charge in [0.1, 0.15) is 5.82 Å². The number of carbonyl (C=O) groups is 1. The SMILES string of the molecule is COc1cc(C(=O)N2CCN(c3ccc(Cl)cn3)CC2)cc(Cl)c1OCCC(C)C. The first-order valence-electron chi connectivity index (χ1n) is 10.0. The van der Waals surface area contributed by atoms with E-state index in [4.69, 9.17) is 32.7 Å². The second-order valence-electron chi connectivity index (χ2n) is 7.63. The van der Waals surface area contributed by atoms with Crippen LogP contribution in [0.5, 0.6) is 11.5 Å². The molecule has 1 aromatic heterocycles. The van der Waals surface area contributed by atoms with E-state index >= 15 is 0 Å². The summed E-state index contributed by atoms with van der Waals surface area (Å²) >= 11 is 12.3. The predicted molar refractivity (Wildman–Crippen MR) is 120 cm³/mol. The maximum atomic E-state index is 13.0. The van der Waals surface area contributed by atoms with Crippen molar-refractivity contribution in [3.63, 3.8) is 0 Å². The number of pyridine rings is 1. The Bertz CT molecular complexity index is 867. The minimum Gasteiger partial charge on any atom is -0.493 e. The standard InChI is InChI=1S/C22H27Cl2N3O3/c1-15(2)6-11-30-21-18(24)12-16(13-19(21)29-3)22(28)27-9-7-26(8-10-27)20-5-4-17(23)14-25-20/h4-5,12-15H,6-11H2,1-3H3. The van der Waals surface area contributed by atoms with E-state index in [0.29, 0.717) is 65.8 Å². The van der Waals surface area contributed by atoms with Crippen LogP contribution >= 0.6 is 23.2 Å². The number of hydrogen-bond donors (Lipinski definition) is 0. The van der Waals surface area contributed by atoms with Crippen LogP contribution in [0.3, 0.4) is 0 Å².